The highest BCUT2D eigenvalue weighted by atomic mass is 16.5. The van der Waals surface area contributed by atoms with Crippen LogP contribution in [0.25, 0.3) is 0 Å². The predicted molar refractivity (Wildman–Crippen MR) is 79.3 cm³/mol. The smallest absolute Gasteiger partial charge is 0.319 e. The van der Waals surface area contributed by atoms with Crippen LogP contribution in [0.4, 0.5) is 10.5 Å². The molecule has 2 aromatic rings. The van der Waals surface area contributed by atoms with Crippen molar-refractivity contribution in [2.75, 3.05) is 11.9 Å². The lowest BCUT2D eigenvalue weighted by Gasteiger charge is -2.08. The van der Waals surface area contributed by atoms with Gasteiger partial charge in [-0.05, 0) is 32.4 Å². The SMILES string of the molecule is CCOc1cc(CNC(=O)Nc2c(C)n[nH]c2C)ccn1. The minimum Gasteiger partial charge on any atom is -0.478 e. The zero-order chi connectivity index (χ0) is 15.2. The third kappa shape index (κ3) is 3.95. The minimum absolute atomic E-state index is 0.280. The van der Waals surface area contributed by atoms with Crippen molar-refractivity contribution in [3.8, 4) is 5.88 Å². The molecule has 2 rings (SSSR count). The Balaban J connectivity index is 1.91. The number of urea groups is 1. The first kappa shape index (κ1) is 14.8. The van der Waals surface area contributed by atoms with E-state index in [1.165, 1.54) is 0 Å². The summed E-state index contributed by atoms with van der Waals surface area (Å²) in [5.41, 5.74) is 3.21. The number of anilines is 1. The van der Waals surface area contributed by atoms with E-state index >= 15 is 0 Å². The lowest BCUT2D eigenvalue weighted by molar-refractivity contribution is 0.251. The third-order valence-electron chi connectivity index (χ3n) is 2.91. The Morgan fingerprint density at radius 3 is 2.90 bits per heavy atom. The normalized spacial score (nSPS) is 10.2. The molecule has 0 atom stereocenters. The minimum atomic E-state index is -0.280. The fraction of sp³-hybridized carbons (Fsp3) is 0.357. The van der Waals surface area contributed by atoms with Gasteiger partial charge in [0.2, 0.25) is 5.88 Å². The first-order chi connectivity index (χ1) is 10.1. The van der Waals surface area contributed by atoms with Crippen LogP contribution in [0.15, 0.2) is 18.3 Å². The van der Waals surface area contributed by atoms with Crippen LogP contribution in [-0.4, -0.2) is 27.8 Å². The second-order valence-electron chi connectivity index (χ2n) is 4.55. The van der Waals surface area contributed by atoms with Gasteiger partial charge in [-0.2, -0.15) is 5.10 Å². The summed E-state index contributed by atoms with van der Waals surface area (Å²) in [6.45, 7) is 6.53. The molecule has 0 aliphatic carbocycles. The topological polar surface area (TPSA) is 91.9 Å². The summed E-state index contributed by atoms with van der Waals surface area (Å²) < 4.78 is 5.32. The number of ether oxygens (including phenoxy) is 1. The number of rotatable bonds is 5. The van der Waals surface area contributed by atoms with Crippen molar-refractivity contribution in [2.45, 2.75) is 27.3 Å². The summed E-state index contributed by atoms with van der Waals surface area (Å²) in [6.07, 6.45) is 1.66. The molecular weight excluding hydrogens is 270 g/mol. The highest BCUT2D eigenvalue weighted by Gasteiger charge is 2.09. The molecule has 0 aliphatic heterocycles. The summed E-state index contributed by atoms with van der Waals surface area (Å²) in [5.74, 6) is 0.554. The second-order valence-corrected chi connectivity index (χ2v) is 4.55. The number of hydrogen-bond acceptors (Lipinski definition) is 4. The number of aryl methyl sites for hydroxylation is 2. The van der Waals surface area contributed by atoms with Gasteiger partial charge in [0.15, 0.2) is 0 Å². The standard InChI is InChI=1S/C14H19N5O2/c1-4-21-12-7-11(5-6-15-12)8-16-14(20)17-13-9(2)18-19-10(13)3/h5-7H,4,8H2,1-3H3,(H,18,19)(H2,16,17,20). The molecule has 0 saturated carbocycles. The van der Waals surface area contributed by atoms with Crippen LogP contribution in [-0.2, 0) is 6.54 Å². The lowest BCUT2D eigenvalue weighted by atomic mass is 10.2. The Hall–Kier alpha value is -2.57. The van der Waals surface area contributed by atoms with Crippen molar-refractivity contribution in [3.63, 3.8) is 0 Å². The van der Waals surface area contributed by atoms with Crippen LogP contribution >= 0.6 is 0 Å². The van der Waals surface area contributed by atoms with Gasteiger partial charge in [0.1, 0.15) is 0 Å². The van der Waals surface area contributed by atoms with Crippen LogP contribution in [0, 0.1) is 13.8 Å². The Bertz CT molecular complexity index is 604. The van der Waals surface area contributed by atoms with Crippen LogP contribution in [0.1, 0.15) is 23.9 Å². The number of amides is 2. The van der Waals surface area contributed by atoms with E-state index in [1.54, 1.807) is 12.3 Å². The van der Waals surface area contributed by atoms with E-state index < -0.39 is 0 Å². The van der Waals surface area contributed by atoms with E-state index in [0.717, 1.165) is 17.0 Å². The molecule has 2 aromatic heterocycles. The number of H-pyrrole nitrogens is 1. The molecule has 7 heteroatoms. The van der Waals surface area contributed by atoms with Crippen LogP contribution in [0.5, 0.6) is 5.88 Å². The Labute approximate surface area is 123 Å². The van der Waals surface area contributed by atoms with Gasteiger partial charge in [0.25, 0.3) is 0 Å². The fourth-order valence-electron chi connectivity index (χ4n) is 1.86. The Kier molecular flexibility index (Phi) is 4.76. The molecule has 0 saturated heterocycles. The lowest BCUT2D eigenvalue weighted by Crippen LogP contribution is -2.28. The van der Waals surface area contributed by atoms with Gasteiger partial charge in [-0.25, -0.2) is 9.78 Å². The van der Waals surface area contributed by atoms with E-state index in [4.69, 9.17) is 4.74 Å². The summed E-state index contributed by atoms with van der Waals surface area (Å²) >= 11 is 0. The second kappa shape index (κ2) is 6.74. The molecule has 0 aromatic carbocycles. The molecule has 0 bridgehead atoms. The van der Waals surface area contributed by atoms with Gasteiger partial charge in [0, 0.05) is 18.8 Å². The highest BCUT2D eigenvalue weighted by Crippen LogP contribution is 2.15. The van der Waals surface area contributed by atoms with Gasteiger partial charge < -0.3 is 15.4 Å². The molecular formula is C14H19N5O2. The van der Waals surface area contributed by atoms with Crippen molar-refractivity contribution in [3.05, 3.63) is 35.3 Å². The average molecular weight is 289 g/mol. The monoisotopic (exact) mass is 289 g/mol. The number of hydrogen-bond donors (Lipinski definition) is 3. The summed E-state index contributed by atoms with van der Waals surface area (Å²) in [4.78, 5) is 16.0. The number of aromatic amines is 1. The zero-order valence-corrected chi connectivity index (χ0v) is 12.4. The maximum absolute atomic E-state index is 11.9. The van der Waals surface area contributed by atoms with Crippen molar-refractivity contribution in [1.29, 1.82) is 0 Å². The van der Waals surface area contributed by atoms with Crippen LogP contribution in [0.2, 0.25) is 0 Å². The number of nitrogens with zero attached hydrogens (tertiary/aromatic N) is 2. The van der Waals surface area contributed by atoms with E-state index in [0.29, 0.717) is 24.7 Å². The molecule has 0 unspecified atom stereocenters. The largest absolute Gasteiger partial charge is 0.478 e. The Morgan fingerprint density at radius 2 is 2.24 bits per heavy atom. The molecule has 0 fully saturated rings. The van der Waals surface area contributed by atoms with Gasteiger partial charge in [-0.1, -0.05) is 0 Å². The molecule has 21 heavy (non-hydrogen) atoms. The van der Waals surface area contributed by atoms with Crippen molar-refractivity contribution >= 4 is 11.7 Å². The maximum atomic E-state index is 11.9. The van der Waals surface area contributed by atoms with Gasteiger partial charge in [-0.3, -0.25) is 5.10 Å². The maximum Gasteiger partial charge on any atom is 0.319 e. The number of nitrogens with one attached hydrogen (secondary N) is 3. The number of carbonyl (C=O) groups is 1. The van der Waals surface area contributed by atoms with Crippen LogP contribution in [0.3, 0.4) is 0 Å². The third-order valence-corrected chi connectivity index (χ3v) is 2.91. The number of aromatic nitrogens is 3. The summed E-state index contributed by atoms with van der Waals surface area (Å²) in [7, 11) is 0. The molecule has 2 amide bonds. The summed E-state index contributed by atoms with van der Waals surface area (Å²) in [6, 6.07) is 3.35. The highest BCUT2D eigenvalue weighted by molar-refractivity contribution is 5.90. The molecule has 7 nitrogen and oxygen atoms in total. The predicted octanol–water partition coefficient (Wildman–Crippen LogP) is 2.14. The first-order valence-electron chi connectivity index (χ1n) is 6.74. The zero-order valence-electron chi connectivity index (χ0n) is 12.4. The van der Waals surface area contributed by atoms with Crippen LogP contribution < -0.4 is 15.4 Å². The number of carbonyl (C=O) groups excluding carboxylic acids is 1. The van der Waals surface area contributed by atoms with Gasteiger partial charge >= 0.3 is 6.03 Å². The summed E-state index contributed by atoms with van der Waals surface area (Å²) in [5, 5.41) is 12.4. The fourth-order valence-corrected chi connectivity index (χ4v) is 1.86. The molecule has 0 aliphatic rings. The van der Waals surface area contributed by atoms with E-state index in [9.17, 15) is 4.79 Å². The van der Waals surface area contributed by atoms with E-state index in [-0.39, 0.29) is 6.03 Å². The van der Waals surface area contributed by atoms with Gasteiger partial charge in [-0.15, -0.1) is 0 Å². The molecule has 0 spiro atoms. The van der Waals surface area contributed by atoms with Crippen molar-refractivity contribution in [2.24, 2.45) is 0 Å². The molecule has 112 valence electrons. The van der Waals surface area contributed by atoms with Crippen molar-refractivity contribution in [1.82, 2.24) is 20.5 Å². The number of pyridine rings is 1. The molecule has 3 N–H and O–H groups in total. The van der Waals surface area contributed by atoms with E-state index in [1.807, 2.05) is 26.8 Å². The average Bonchev–Trinajstić information content (AvgIpc) is 2.78. The molecule has 0 radical (unpaired) electrons. The Morgan fingerprint density at radius 1 is 1.43 bits per heavy atom. The van der Waals surface area contributed by atoms with Crippen molar-refractivity contribution < 1.29 is 9.53 Å². The first-order valence-corrected chi connectivity index (χ1v) is 6.74. The molecule has 2 heterocycles. The van der Waals surface area contributed by atoms with Gasteiger partial charge in [0.05, 0.1) is 23.7 Å². The van der Waals surface area contributed by atoms with E-state index in [2.05, 4.69) is 25.8 Å². The quantitative estimate of drug-likeness (QED) is 0.786.